The molecule has 6 nitrogen and oxygen atoms in total. The standard InChI is InChI=1S/C16H14F3N5O/c17-16(18,19)11-4-2-1-3-10(11)12-5-9(25)6-24(12)15-13-14(21-7-20-13)22-8-23-15/h1-4,7-9,12,25H,5-6H2,(H,20,21,22,23)/t9-,12+/m1/s1. The lowest BCUT2D eigenvalue weighted by Crippen LogP contribution is -2.27. The van der Waals surface area contributed by atoms with Gasteiger partial charge in [0.2, 0.25) is 0 Å². The molecule has 2 N–H and O–H groups in total. The van der Waals surface area contributed by atoms with E-state index in [0.717, 1.165) is 6.07 Å². The van der Waals surface area contributed by atoms with Crippen molar-refractivity contribution in [2.75, 3.05) is 11.4 Å². The van der Waals surface area contributed by atoms with Gasteiger partial charge in [-0.2, -0.15) is 13.2 Å². The maximum Gasteiger partial charge on any atom is 0.416 e. The second kappa shape index (κ2) is 5.69. The summed E-state index contributed by atoms with van der Waals surface area (Å²) in [5, 5.41) is 10.1. The van der Waals surface area contributed by atoms with Crippen molar-refractivity contribution in [3.63, 3.8) is 0 Å². The second-order valence-electron chi connectivity index (χ2n) is 5.94. The van der Waals surface area contributed by atoms with Crippen molar-refractivity contribution in [2.45, 2.75) is 24.7 Å². The number of benzene rings is 1. The molecule has 130 valence electrons. The molecule has 9 heteroatoms. The largest absolute Gasteiger partial charge is 0.416 e. The zero-order valence-corrected chi connectivity index (χ0v) is 12.9. The predicted octanol–water partition coefficient (Wildman–Crippen LogP) is 2.68. The molecule has 3 aromatic rings. The summed E-state index contributed by atoms with van der Waals surface area (Å²) < 4.78 is 40.2. The second-order valence-corrected chi connectivity index (χ2v) is 5.94. The molecular weight excluding hydrogens is 335 g/mol. The van der Waals surface area contributed by atoms with Crippen LogP contribution in [-0.2, 0) is 6.18 Å². The number of hydrogen-bond acceptors (Lipinski definition) is 5. The number of nitrogens with zero attached hydrogens (tertiary/aromatic N) is 4. The summed E-state index contributed by atoms with van der Waals surface area (Å²) in [6, 6.07) is 4.79. The molecular formula is C16H14F3N5O. The highest BCUT2D eigenvalue weighted by Crippen LogP contribution is 2.42. The van der Waals surface area contributed by atoms with Crippen molar-refractivity contribution in [3.8, 4) is 0 Å². The number of H-pyrrole nitrogens is 1. The van der Waals surface area contributed by atoms with Crippen LogP contribution in [0.15, 0.2) is 36.9 Å². The zero-order valence-electron chi connectivity index (χ0n) is 12.9. The Labute approximate surface area is 140 Å². The summed E-state index contributed by atoms with van der Waals surface area (Å²) in [5.41, 5.74) is 0.382. The highest BCUT2D eigenvalue weighted by atomic mass is 19.4. The van der Waals surface area contributed by atoms with Gasteiger partial charge in [-0.25, -0.2) is 15.0 Å². The van der Waals surface area contributed by atoms with E-state index in [4.69, 9.17) is 0 Å². The fraction of sp³-hybridized carbons (Fsp3) is 0.312. The summed E-state index contributed by atoms with van der Waals surface area (Å²) >= 11 is 0. The SMILES string of the molecule is O[C@@H]1C[C@@H](c2ccccc2C(F)(F)F)N(c2ncnc3nc[nH]c23)C1. The molecule has 2 aromatic heterocycles. The van der Waals surface area contributed by atoms with Crippen LogP contribution in [0.4, 0.5) is 19.0 Å². The lowest BCUT2D eigenvalue weighted by atomic mass is 9.97. The Morgan fingerprint density at radius 3 is 2.76 bits per heavy atom. The highest BCUT2D eigenvalue weighted by molar-refractivity contribution is 5.83. The third-order valence-corrected chi connectivity index (χ3v) is 4.38. The lowest BCUT2D eigenvalue weighted by molar-refractivity contribution is -0.138. The van der Waals surface area contributed by atoms with E-state index >= 15 is 0 Å². The average Bonchev–Trinajstić information content (AvgIpc) is 3.20. The molecule has 1 aliphatic heterocycles. The number of fused-ring (bicyclic) bond motifs is 1. The van der Waals surface area contributed by atoms with E-state index in [1.807, 2.05) is 0 Å². The number of alkyl halides is 3. The number of nitrogens with one attached hydrogen (secondary N) is 1. The number of β-amino-alcohol motifs (C(OH)–C–C–N with tert-alkyl or cyclic N) is 1. The minimum absolute atomic E-state index is 0.123. The van der Waals surface area contributed by atoms with Crippen LogP contribution in [0.25, 0.3) is 11.2 Å². The molecule has 0 amide bonds. The quantitative estimate of drug-likeness (QED) is 0.744. The van der Waals surface area contributed by atoms with E-state index < -0.39 is 23.9 Å². The lowest BCUT2D eigenvalue weighted by Gasteiger charge is -2.28. The first kappa shape index (κ1) is 15.8. The summed E-state index contributed by atoms with van der Waals surface area (Å²) in [6.07, 6.45) is -2.26. The van der Waals surface area contributed by atoms with Crippen LogP contribution in [0.1, 0.15) is 23.6 Å². The first-order valence-electron chi connectivity index (χ1n) is 7.70. The van der Waals surface area contributed by atoms with Crippen molar-refractivity contribution in [2.24, 2.45) is 0 Å². The molecule has 3 heterocycles. The summed E-state index contributed by atoms with van der Waals surface area (Å²) in [4.78, 5) is 16.9. The highest BCUT2D eigenvalue weighted by Gasteiger charge is 2.40. The van der Waals surface area contributed by atoms with E-state index in [1.54, 1.807) is 11.0 Å². The summed E-state index contributed by atoms with van der Waals surface area (Å²) in [7, 11) is 0. The van der Waals surface area contributed by atoms with Crippen molar-refractivity contribution in [1.82, 2.24) is 19.9 Å². The number of halogens is 3. The molecule has 1 fully saturated rings. The number of imidazole rings is 1. The Bertz CT molecular complexity index is 910. The third-order valence-electron chi connectivity index (χ3n) is 4.38. The monoisotopic (exact) mass is 349 g/mol. The molecule has 1 aromatic carbocycles. The maximum absolute atomic E-state index is 13.4. The van der Waals surface area contributed by atoms with Gasteiger partial charge in [0.15, 0.2) is 11.5 Å². The average molecular weight is 349 g/mol. The van der Waals surface area contributed by atoms with Gasteiger partial charge in [-0.1, -0.05) is 18.2 Å². The Morgan fingerprint density at radius 2 is 1.96 bits per heavy atom. The molecule has 0 saturated carbocycles. The van der Waals surface area contributed by atoms with Crippen LogP contribution in [0.2, 0.25) is 0 Å². The molecule has 0 spiro atoms. The van der Waals surface area contributed by atoms with Gasteiger partial charge in [0.05, 0.1) is 24.0 Å². The smallest absolute Gasteiger partial charge is 0.391 e. The topological polar surface area (TPSA) is 77.9 Å². The Morgan fingerprint density at radius 1 is 1.16 bits per heavy atom. The van der Waals surface area contributed by atoms with Crippen LogP contribution in [0.3, 0.4) is 0 Å². The van der Waals surface area contributed by atoms with Crippen LogP contribution >= 0.6 is 0 Å². The summed E-state index contributed by atoms with van der Waals surface area (Å²) in [6.45, 7) is 0.183. The van der Waals surface area contributed by atoms with Gasteiger partial charge in [0.1, 0.15) is 11.8 Å². The van der Waals surface area contributed by atoms with Gasteiger partial charge in [0, 0.05) is 6.54 Å². The van der Waals surface area contributed by atoms with Gasteiger partial charge in [0.25, 0.3) is 0 Å². The fourth-order valence-corrected chi connectivity index (χ4v) is 3.36. The minimum atomic E-state index is -4.47. The molecule has 0 unspecified atom stereocenters. The van der Waals surface area contributed by atoms with Crippen molar-refractivity contribution >= 4 is 17.0 Å². The van der Waals surface area contributed by atoms with E-state index in [-0.39, 0.29) is 18.5 Å². The normalized spacial score (nSPS) is 21.2. The van der Waals surface area contributed by atoms with Gasteiger partial charge in [-0.05, 0) is 18.1 Å². The number of aliphatic hydroxyl groups excluding tert-OH is 1. The Balaban J connectivity index is 1.84. The van der Waals surface area contributed by atoms with Gasteiger partial charge < -0.3 is 15.0 Å². The Hall–Kier alpha value is -2.68. The number of aromatic nitrogens is 4. The number of rotatable bonds is 2. The van der Waals surface area contributed by atoms with E-state index in [2.05, 4.69) is 19.9 Å². The number of aliphatic hydroxyl groups is 1. The van der Waals surface area contributed by atoms with Gasteiger partial charge >= 0.3 is 6.18 Å². The van der Waals surface area contributed by atoms with E-state index in [0.29, 0.717) is 17.0 Å². The first-order valence-corrected chi connectivity index (χ1v) is 7.70. The van der Waals surface area contributed by atoms with E-state index in [9.17, 15) is 18.3 Å². The number of aromatic amines is 1. The molecule has 0 radical (unpaired) electrons. The fourth-order valence-electron chi connectivity index (χ4n) is 3.36. The molecule has 4 rings (SSSR count). The van der Waals surface area contributed by atoms with Gasteiger partial charge in [-0.3, -0.25) is 0 Å². The molecule has 2 atom stereocenters. The maximum atomic E-state index is 13.4. The number of anilines is 1. The Kier molecular flexibility index (Phi) is 3.60. The van der Waals surface area contributed by atoms with E-state index in [1.165, 1.54) is 24.8 Å². The van der Waals surface area contributed by atoms with Crippen LogP contribution in [-0.4, -0.2) is 37.7 Å². The molecule has 25 heavy (non-hydrogen) atoms. The predicted molar refractivity (Wildman–Crippen MR) is 83.8 cm³/mol. The molecule has 0 aliphatic carbocycles. The van der Waals surface area contributed by atoms with Crippen LogP contribution in [0.5, 0.6) is 0 Å². The van der Waals surface area contributed by atoms with Crippen molar-refractivity contribution < 1.29 is 18.3 Å². The number of hydrogen-bond donors (Lipinski definition) is 2. The molecule has 0 bridgehead atoms. The van der Waals surface area contributed by atoms with Crippen LogP contribution in [0, 0.1) is 0 Å². The molecule has 1 aliphatic rings. The first-order chi connectivity index (χ1) is 11.9. The van der Waals surface area contributed by atoms with Crippen molar-refractivity contribution in [1.29, 1.82) is 0 Å². The molecule has 1 saturated heterocycles. The zero-order chi connectivity index (χ0) is 17.6. The van der Waals surface area contributed by atoms with Gasteiger partial charge in [-0.15, -0.1) is 0 Å². The summed E-state index contributed by atoms with van der Waals surface area (Å²) in [5.74, 6) is 0.432. The van der Waals surface area contributed by atoms with Crippen LogP contribution < -0.4 is 4.90 Å². The third kappa shape index (κ3) is 2.70. The minimum Gasteiger partial charge on any atom is -0.391 e. The van der Waals surface area contributed by atoms with Crippen molar-refractivity contribution in [3.05, 3.63) is 48.0 Å².